The Kier molecular flexibility index (Phi) is 6.11. The lowest BCUT2D eigenvalue weighted by atomic mass is 9.82. The molecular weight excluding hydrogens is 311 g/mol. The quantitative estimate of drug-likeness (QED) is 0.579. The summed E-state index contributed by atoms with van der Waals surface area (Å²) in [6, 6.07) is 4.38. The Morgan fingerprint density at radius 1 is 0.905 bits per heavy atom. The summed E-state index contributed by atoms with van der Waals surface area (Å²) in [7, 11) is 0. The summed E-state index contributed by atoms with van der Waals surface area (Å²) >= 11 is 11.8. The van der Waals surface area contributed by atoms with Gasteiger partial charge in [-0.15, -0.1) is 0 Å². The van der Waals surface area contributed by atoms with Crippen molar-refractivity contribution in [2.75, 3.05) is 0 Å². The molecule has 0 radical (unpaired) electrons. The van der Waals surface area contributed by atoms with Crippen molar-refractivity contribution in [3.63, 3.8) is 0 Å². The Hall–Kier alpha value is -1.19. The highest BCUT2D eigenvalue weighted by molar-refractivity contribution is 6.38. The average Bonchev–Trinajstić information content (AvgIpc) is 2.38. The van der Waals surface area contributed by atoms with E-state index in [1.165, 1.54) is 18.2 Å². The minimum Gasteiger partial charge on any atom is -0.298 e. The normalized spacial score (nSPS) is 11.3. The summed E-state index contributed by atoms with van der Waals surface area (Å²) in [5, 5.41) is 0.532. The van der Waals surface area contributed by atoms with Gasteiger partial charge in [-0.1, -0.05) is 50.9 Å². The van der Waals surface area contributed by atoms with Gasteiger partial charge in [0.15, 0.2) is 17.3 Å². The van der Waals surface area contributed by atoms with Crippen molar-refractivity contribution in [1.82, 2.24) is 0 Å². The minimum atomic E-state index is -1.30. The van der Waals surface area contributed by atoms with Gasteiger partial charge < -0.3 is 0 Å². The second-order valence-corrected chi connectivity index (χ2v) is 6.38. The number of benzene rings is 1. The molecular formula is C16H18Cl2O3. The second kappa shape index (κ2) is 7.19. The lowest BCUT2D eigenvalue weighted by Crippen LogP contribution is -2.37. The van der Waals surface area contributed by atoms with Crippen LogP contribution >= 0.6 is 23.2 Å². The zero-order chi connectivity index (χ0) is 16.3. The van der Waals surface area contributed by atoms with Crippen molar-refractivity contribution in [3.8, 4) is 0 Å². The monoisotopic (exact) mass is 328 g/mol. The number of ketones is 3. The van der Waals surface area contributed by atoms with Gasteiger partial charge in [-0.2, -0.15) is 0 Å². The third kappa shape index (κ3) is 4.14. The van der Waals surface area contributed by atoms with Gasteiger partial charge in [0, 0.05) is 22.4 Å². The first kappa shape index (κ1) is 17.9. The molecule has 0 N–H and O–H groups in total. The highest BCUT2D eigenvalue weighted by atomic mass is 35.5. The molecule has 0 bridgehead atoms. The van der Waals surface area contributed by atoms with E-state index >= 15 is 0 Å². The third-order valence-corrected chi connectivity index (χ3v) is 3.71. The minimum absolute atomic E-state index is 0.144. The summed E-state index contributed by atoms with van der Waals surface area (Å²) in [6.45, 7) is 6.67. The standard InChI is InChI=1S/C16H18Cl2O3/c1-8(2)14(19)13(15(20)9(3)4)16(21)11-6-5-10(17)7-12(11)18/h5-9,13H,1-4H3. The molecule has 1 aromatic carbocycles. The number of carbonyl (C=O) groups excluding carboxylic acids is 3. The van der Waals surface area contributed by atoms with Crippen LogP contribution < -0.4 is 0 Å². The number of carbonyl (C=O) groups is 3. The Bertz CT molecular complexity index is 557. The van der Waals surface area contributed by atoms with E-state index in [4.69, 9.17) is 23.2 Å². The van der Waals surface area contributed by atoms with E-state index in [0.717, 1.165) is 0 Å². The van der Waals surface area contributed by atoms with Gasteiger partial charge >= 0.3 is 0 Å². The number of hydrogen-bond donors (Lipinski definition) is 0. The molecule has 114 valence electrons. The zero-order valence-corrected chi connectivity index (χ0v) is 14.0. The third-order valence-electron chi connectivity index (χ3n) is 3.17. The molecule has 0 unspecified atom stereocenters. The van der Waals surface area contributed by atoms with Gasteiger partial charge in [0.2, 0.25) is 0 Å². The molecule has 1 rings (SSSR count). The van der Waals surface area contributed by atoms with Gasteiger partial charge in [-0.05, 0) is 18.2 Å². The molecule has 0 aliphatic carbocycles. The van der Waals surface area contributed by atoms with Crippen LogP contribution in [-0.4, -0.2) is 17.3 Å². The number of rotatable bonds is 6. The van der Waals surface area contributed by atoms with Gasteiger partial charge in [0.25, 0.3) is 0 Å². The summed E-state index contributed by atoms with van der Waals surface area (Å²) in [5.74, 6) is -3.45. The predicted octanol–water partition coefficient (Wildman–Crippen LogP) is 4.24. The van der Waals surface area contributed by atoms with E-state index in [1.807, 2.05) is 0 Å². The van der Waals surface area contributed by atoms with Crippen molar-refractivity contribution >= 4 is 40.6 Å². The van der Waals surface area contributed by atoms with Gasteiger partial charge in [0.1, 0.15) is 5.92 Å². The summed E-state index contributed by atoms with van der Waals surface area (Å²) in [4.78, 5) is 37.1. The lowest BCUT2D eigenvalue weighted by Gasteiger charge is -2.18. The topological polar surface area (TPSA) is 51.2 Å². The van der Waals surface area contributed by atoms with Crippen molar-refractivity contribution in [2.45, 2.75) is 27.7 Å². The highest BCUT2D eigenvalue weighted by Gasteiger charge is 2.37. The van der Waals surface area contributed by atoms with Crippen LogP contribution in [0.3, 0.4) is 0 Å². The van der Waals surface area contributed by atoms with Gasteiger partial charge in [0.05, 0.1) is 5.02 Å². The van der Waals surface area contributed by atoms with Crippen molar-refractivity contribution in [2.24, 2.45) is 17.8 Å². The van der Waals surface area contributed by atoms with Crippen molar-refractivity contribution in [1.29, 1.82) is 0 Å². The first-order valence-electron chi connectivity index (χ1n) is 6.73. The molecule has 5 heteroatoms. The molecule has 0 spiro atoms. The van der Waals surface area contributed by atoms with Crippen LogP contribution in [-0.2, 0) is 9.59 Å². The molecule has 0 fully saturated rings. The van der Waals surface area contributed by atoms with E-state index in [0.29, 0.717) is 5.02 Å². The van der Waals surface area contributed by atoms with E-state index in [1.54, 1.807) is 27.7 Å². The predicted molar refractivity (Wildman–Crippen MR) is 84.0 cm³/mol. The Balaban J connectivity index is 3.28. The summed E-state index contributed by atoms with van der Waals surface area (Å²) in [6.07, 6.45) is 0. The molecule has 0 aliphatic rings. The summed E-state index contributed by atoms with van der Waals surface area (Å²) < 4.78 is 0. The molecule has 3 nitrogen and oxygen atoms in total. The van der Waals surface area contributed by atoms with Gasteiger partial charge in [-0.25, -0.2) is 0 Å². The Labute approximate surface area is 134 Å². The maximum absolute atomic E-state index is 12.6. The Morgan fingerprint density at radius 3 is 1.76 bits per heavy atom. The SMILES string of the molecule is CC(C)C(=O)C(C(=O)c1ccc(Cl)cc1Cl)C(=O)C(C)C. The zero-order valence-electron chi connectivity index (χ0n) is 12.4. The molecule has 0 aliphatic heterocycles. The molecule has 1 aromatic rings. The average molecular weight is 329 g/mol. The van der Waals surface area contributed by atoms with Crippen molar-refractivity contribution in [3.05, 3.63) is 33.8 Å². The summed E-state index contributed by atoms with van der Waals surface area (Å²) in [5.41, 5.74) is 0.147. The fourth-order valence-corrected chi connectivity index (χ4v) is 2.41. The van der Waals surface area contributed by atoms with Crippen LogP contribution in [0.25, 0.3) is 0 Å². The fraction of sp³-hybridized carbons (Fsp3) is 0.438. The Morgan fingerprint density at radius 2 is 1.38 bits per heavy atom. The molecule has 0 heterocycles. The molecule has 0 saturated heterocycles. The van der Waals surface area contributed by atoms with Crippen LogP contribution in [0.5, 0.6) is 0 Å². The first-order chi connectivity index (χ1) is 9.66. The van der Waals surface area contributed by atoms with E-state index in [-0.39, 0.29) is 22.2 Å². The number of hydrogen-bond acceptors (Lipinski definition) is 3. The second-order valence-electron chi connectivity index (χ2n) is 5.54. The van der Waals surface area contributed by atoms with E-state index in [9.17, 15) is 14.4 Å². The van der Waals surface area contributed by atoms with Crippen LogP contribution in [0.2, 0.25) is 10.0 Å². The van der Waals surface area contributed by atoms with Crippen LogP contribution in [0.4, 0.5) is 0 Å². The number of Topliss-reactive ketones (excluding diaryl/α,β-unsaturated/α-hetero) is 3. The largest absolute Gasteiger partial charge is 0.298 e. The van der Waals surface area contributed by atoms with Crippen LogP contribution in [0.1, 0.15) is 38.1 Å². The van der Waals surface area contributed by atoms with E-state index in [2.05, 4.69) is 0 Å². The number of halogens is 2. The molecule has 21 heavy (non-hydrogen) atoms. The van der Waals surface area contributed by atoms with Crippen LogP contribution in [0, 0.1) is 17.8 Å². The fourth-order valence-electron chi connectivity index (χ4n) is 1.91. The van der Waals surface area contributed by atoms with Crippen molar-refractivity contribution < 1.29 is 14.4 Å². The lowest BCUT2D eigenvalue weighted by molar-refractivity contribution is -0.134. The molecule has 0 aromatic heterocycles. The molecule has 0 amide bonds. The first-order valence-corrected chi connectivity index (χ1v) is 7.49. The maximum Gasteiger partial charge on any atom is 0.182 e. The maximum atomic E-state index is 12.6. The van der Waals surface area contributed by atoms with Gasteiger partial charge in [-0.3, -0.25) is 14.4 Å². The molecule has 0 atom stereocenters. The highest BCUT2D eigenvalue weighted by Crippen LogP contribution is 2.26. The smallest absolute Gasteiger partial charge is 0.182 e. The molecule has 0 saturated carbocycles. The van der Waals surface area contributed by atoms with E-state index < -0.39 is 23.5 Å². The van der Waals surface area contributed by atoms with Crippen LogP contribution in [0.15, 0.2) is 18.2 Å².